The van der Waals surface area contributed by atoms with Crippen LogP contribution in [0.2, 0.25) is 0 Å². The lowest BCUT2D eigenvalue weighted by Crippen LogP contribution is -2.26. The van der Waals surface area contributed by atoms with E-state index in [1.54, 1.807) is 6.07 Å². The number of hydrogen-bond acceptors (Lipinski definition) is 3. The normalized spacial score (nSPS) is 21.4. The van der Waals surface area contributed by atoms with Crippen molar-refractivity contribution in [1.82, 2.24) is 9.88 Å². The van der Waals surface area contributed by atoms with Gasteiger partial charge in [-0.15, -0.1) is 0 Å². The zero-order valence-corrected chi connectivity index (χ0v) is 11.9. The Morgan fingerprint density at radius 1 is 1.39 bits per heavy atom. The molecule has 2 rings (SSSR count). The van der Waals surface area contributed by atoms with Gasteiger partial charge in [-0.25, -0.2) is 0 Å². The maximum Gasteiger partial charge on any atom is 0.138 e. The van der Waals surface area contributed by atoms with E-state index in [9.17, 15) is 5.11 Å². The number of aromatic nitrogens is 1. The first-order chi connectivity index (χ1) is 8.36. The van der Waals surface area contributed by atoms with E-state index in [4.69, 9.17) is 0 Å². The zero-order chi connectivity index (χ0) is 13.3. The molecule has 0 radical (unpaired) electrons. The van der Waals surface area contributed by atoms with Crippen molar-refractivity contribution < 1.29 is 5.11 Å². The monoisotopic (exact) mass is 248 g/mol. The minimum atomic E-state index is 0.319. The second kappa shape index (κ2) is 4.88. The van der Waals surface area contributed by atoms with E-state index in [0.29, 0.717) is 11.2 Å². The molecule has 1 aliphatic heterocycles. The van der Waals surface area contributed by atoms with Gasteiger partial charge in [-0.2, -0.15) is 0 Å². The molecular weight excluding hydrogens is 224 g/mol. The van der Waals surface area contributed by atoms with Crippen LogP contribution in [0.5, 0.6) is 5.75 Å². The van der Waals surface area contributed by atoms with Gasteiger partial charge < -0.3 is 5.11 Å². The summed E-state index contributed by atoms with van der Waals surface area (Å²) >= 11 is 0. The van der Waals surface area contributed by atoms with Gasteiger partial charge in [0.05, 0.1) is 5.69 Å². The average molecular weight is 248 g/mol. The lowest BCUT2D eigenvalue weighted by molar-refractivity contribution is 0.224. The van der Waals surface area contributed by atoms with Gasteiger partial charge in [0.25, 0.3) is 0 Å². The molecule has 1 atom stereocenters. The van der Waals surface area contributed by atoms with Gasteiger partial charge in [-0.1, -0.05) is 20.8 Å². The molecule has 0 aromatic carbocycles. The molecule has 100 valence electrons. The van der Waals surface area contributed by atoms with E-state index in [0.717, 1.165) is 36.9 Å². The van der Waals surface area contributed by atoms with Crippen molar-refractivity contribution in [3.63, 3.8) is 0 Å². The standard InChI is InChI=1S/C15H24N2O/c1-11-5-6-14(18)13(16-11)10-17-8-7-12(9-17)15(2,3)4/h5-6,12,18H,7-10H2,1-4H3. The molecule has 1 aliphatic rings. The number of aromatic hydroxyl groups is 1. The average Bonchev–Trinajstić information content (AvgIpc) is 2.71. The fraction of sp³-hybridized carbons (Fsp3) is 0.667. The molecule has 1 unspecified atom stereocenters. The van der Waals surface area contributed by atoms with Crippen LogP contribution in [0.1, 0.15) is 38.6 Å². The van der Waals surface area contributed by atoms with Crippen molar-refractivity contribution in [3.8, 4) is 5.75 Å². The summed E-state index contributed by atoms with van der Waals surface area (Å²) in [5.74, 6) is 1.06. The number of nitrogens with zero attached hydrogens (tertiary/aromatic N) is 2. The Balaban J connectivity index is 2.01. The van der Waals surface area contributed by atoms with E-state index in [1.165, 1.54) is 6.42 Å². The summed E-state index contributed by atoms with van der Waals surface area (Å²) in [7, 11) is 0. The molecular formula is C15H24N2O. The SMILES string of the molecule is Cc1ccc(O)c(CN2CCC(C(C)(C)C)C2)n1. The van der Waals surface area contributed by atoms with Crippen molar-refractivity contribution >= 4 is 0 Å². The van der Waals surface area contributed by atoms with Gasteiger partial charge in [0.2, 0.25) is 0 Å². The van der Waals surface area contributed by atoms with Crippen LogP contribution >= 0.6 is 0 Å². The lowest BCUT2D eigenvalue weighted by atomic mass is 9.80. The maximum absolute atomic E-state index is 9.83. The highest BCUT2D eigenvalue weighted by atomic mass is 16.3. The fourth-order valence-electron chi connectivity index (χ4n) is 2.61. The molecule has 3 heteroatoms. The predicted molar refractivity (Wildman–Crippen MR) is 73.5 cm³/mol. The van der Waals surface area contributed by atoms with E-state index >= 15 is 0 Å². The topological polar surface area (TPSA) is 36.4 Å². The Labute approximate surface area is 110 Å². The summed E-state index contributed by atoms with van der Waals surface area (Å²) in [4.78, 5) is 6.83. The number of likely N-dealkylation sites (tertiary alicyclic amines) is 1. The van der Waals surface area contributed by atoms with Crippen LogP contribution in [0, 0.1) is 18.3 Å². The number of hydrogen-bond donors (Lipinski definition) is 1. The molecule has 1 aromatic heterocycles. The van der Waals surface area contributed by atoms with Gasteiger partial charge in [0.1, 0.15) is 5.75 Å². The Kier molecular flexibility index (Phi) is 3.62. The Morgan fingerprint density at radius 2 is 2.11 bits per heavy atom. The Bertz CT molecular complexity index is 423. The zero-order valence-electron chi connectivity index (χ0n) is 11.9. The minimum absolute atomic E-state index is 0.319. The van der Waals surface area contributed by atoms with Gasteiger partial charge in [0.15, 0.2) is 0 Å². The van der Waals surface area contributed by atoms with Crippen molar-refractivity contribution in [2.24, 2.45) is 11.3 Å². The molecule has 0 aliphatic carbocycles. The largest absolute Gasteiger partial charge is 0.506 e. The van der Waals surface area contributed by atoms with E-state index in [-0.39, 0.29) is 0 Å². The third kappa shape index (κ3) is 3.02. The van der Waals surface area contributed by atoms with Crippen LogP contribution < -0.4 is 0 Å². The van der Waals surface area contributed by atoms with Gasteiger partial charge in [-0.05, 0) is 43.4 Å². The highest BCUT2D eigenvalue weighted by Gasteiger charge is 2.31. The van der Waals surface area contributed by atoms with Crippen molar-refractivity contribution in [2.45, 2.75) is 40.7 Å². The van der Waals surface area contributed by atoms with Crippen LogP contribution in [0.4, 0.5) is 0 Å². The van der Waals surface area contributed by atoms with Crippen LogP contribution in [-0.2, 0) is 6.54 Å². The molecule has 3 nitrogen and oxygen atoms in total. The van der Waals surface area contributed by atoms with Crippen LogP contribution in [-0.4, -0.2) is 28.1 Å². The molecule has 1 fully saturated rings. The summed E-state index contributed by atoms with van der Waals surface area (Å²) in [5.41, 5.74) is 2.15. The van der Waals surface area contributed by atoms with E-state index < -0.39 is 0 Å². The maximum atomic E-state index is 9.83. The smallest absolute Gasteiger partial charge is 0.138 e. The third-order valence-electron chi connectivity index (χ3n) is 3.96. The summed E-state index contributed by atoms with van der Waals surface area (Å²) < 4.78 is 0. The Morgan fingerprint density at radius 3 is 2.72 bits per heavy atom. The van der Waals surface area contributed by atoms with Crippen molar-refractivity contribution in [2.75, 3.05) is 13.1 Å². The second-order valence-corrected chi connectivity index (χ2v) is 6.51. The molecule has 0 bridgehead atoms. The summed E-state index contributed by atoms with van der Waals surface area (Å²) in [5, 5.41) is 9.83. The van der Waals surface area contributed by atoms with E-state index in [1.807, 2.05) is 13.0 Å². The number of pyridine rings is 1. The molecule has 1 saturated heterocycles. The first kappa shape index (κ1) is 13.3. The van der Waals surface area contributed by atoms with Gasteiger partial charge in [-0.3, -0.25) is 9.88 Å². The van der Waals surface area contributed by atoms with Crippen molar-refractivity contribution in [1.29, 1.82) is 0 Å². The first-order valence-electron chi connectivity index (χ1n) is 6.74. The highest BCUT2D eigenvalue weighted by Crippen LogP contribution is 2.34. The number of aryl methyl sites for hydroxylation is 1. The van der Waals surface area contributed by atoms with Crippen LogP contribution in [0.3, 0.4) is 0 Å². The Hall–Kier alpha value is -1.09. The molecule has 2 heterocycles. The predicted octanol–water partition coefficient (Wildman–Crippen LogP) is 2.96. The minimum Gasteiger partial charge on any atom is -0.506 e. The van der Waals surface area contributed by atoms with Gasteiger partial charge in [0, 0.05) is 18.8 Å². The van der Waals surface area contributed by atoms with Crippen LogP contribution in [0.25, 0.3) is 0 Å². The van der Waals surface area contributed by atoms with Gasteiger partial charge >= 0.3 is 0 Å². The second-order valence-electron chi connectivity index (χ2n) is 6.51. The molecule has 1 N–H and O–H groups in total. The van der Waals surface area contributed by atoms with Crippen LogP contribution in [0.15, 0.2) is 12.1 Å². The first-order valence-corrected chi connectivity index (χ1v) is 6.74. The number of rotatable bonds is 2. The fourth-order valence-corrected chi connectivity index (χ4v) is 2.61. The van der Waals surface area contributed by atoms with E-state index in [2.05, 4.69) is 30.7 Å². The summed E-state index contributed by atoms with van der Waals surface area (Å²) in [6.07, 6.45) is 1.25. The lowest BCUT2D eigenvalue weighted by Gasteiger charge is -2.27. The summed E-state index contributed by atoms with van der Waals surface area (Å²) in [6.45, 7) is 11.9. The highest BCUT2D eigenvalue weighted by molar-refractivity contribution is 5.27. The molecule has 0 spiro atoms. The molecule has 18 heavy (non-hydrogen) atoms. The van der Waals surface area contributed by atoms with Crippen molar-refractivity contribution in [3.05, 3.63) is 23.5 Å². The molecule has 1 aromatic rings. The molecule has 0 amide bonds. The third-order valence-corrected chi connectivity index (χ3v) is 3.96. The molecule has 0 saturated carbocycles. The quantitative estimate of drug-likeness (QED) is 0.874. The summed E-state index contributed by atoms with van der Waals surface area (Å²) in [6, 6.07) is 3.59.